The Bertz CT molecular complexity index is 1170. The molecule has 2 aromatic rings. The standard InChI is InChI=1S/C26H37N5O7S/c1-14(2)22(31-23(34)17(27)8-9-21(32)33)25(36)29-19(10-11-39-3)24(35)30-20(26(37)38)12-15-13-28-18-7-5-4-6-16(15)18/h4-7,13-14,17,19-20,22,28H,8-12,27H2,1-3H3,(H,29,36)(H,30,35)(H,31,34)(H,32,33)(H,37,38). The van der Waals surface area contributed by atoms with Gasteiger partial charge in [-0.1, -0.05) is 32.0 Å². The lowest BCUT2D eigenvalue weighted by atomic mass is 10.0. The SMILES string of the molecule is CSCCC(NC(=O)C(NC(=O)C(N)CCC(=O)O)C(C)C)C(=O)NC(Cc1c[nH]c2ccccc12)C(=O)O. The summed E-state index contributed by atoms with van der Waals surface area (Å²) in [6.07, 6.45) is 3.41. The average molecular weight is 564 g/mol. The van der Waals surface area contributed by atoms with E-state index in [4.69, 9.17) is 10.8 Å². The minimum Gasteiger partial charge on any atom is -0.481 e. The number of carboxylic acids is 2. The molecule has 2 rings (SSSR count). The molecule has 0 aliphatic rings. The van der Waals surface area contributed by atoms with Crippen molar-refractivity contribution in [3.8, 4) is 0 Å². The molecule has 214 valence electrons. The molecule has 8 N–H and O–H groups in total. The molecule has 0 saturated heterocycles. The van der Waals surface area contributed by atoms with Crippen molar-refractivity contribution in [3.63, 3.8) is 0 Å². The molecule has 1 aromatic heterocycles. The highest BCUT2D eigenvalue weighted by atomic mass is 32.2. The van der Waals surface area contributed by atoms with Gasteiger partial charge in [-0.15, -0.1) is 0 Å². The molecule has 12 nitrogen and oxygen atoms in total. The van der Waals surface area contributed by atoms with Crippen LogP contribution in [0.4, 0.5) is 0 Å². The highest BCUT2D eigenvalue weighted by molar-refractivity contribution is 7.98. The number of benzene rings is 1. The van der Waals surface area contributed by atoms with Gasteiger partial charge in [0, 0.05) is 29.9 Å². The van der Waals surface area contributed by atoms with E-state index in [1.54, 1.807) is 20.0 Å². The van der Waals surface area contributed by atoms with E-state index in [1.807, 2.05) is 30.5 Å². The quantitative estimate of drug-likeness (QED) is 0.154. The first-order valence-electron chi connectivity index (χ1n) is 12.6. The maximum Gasteiger partial charge on any atom is 0.326 e. The van der Waals surface area contributed by atoms with E-state index in [9.17, 15) is 29.1 Å². The highest BCUT2D eigenvalue weighted by Gasteiger charge is 2.32. The van der Waals surface area contributed by atoms with E-state index in [-0.39, 0.29) is 31.6 Å². The number of carbonyl (C=O) groups excluding carboxylic acids is 3. The number of aromatic nitrogens is 1. The van der Waals surface area contributed by atoms with Crippen molar-refractivity contribution in [1.82, 2.24) is 20.9 Å². The van der Waals surface area contributed by atoms with Crippen molar-refractivity contribution in [2.75, 3.05) is 12.0 Å². The van der Waals surface area contributed by atoms with Crippen LogP contribution in [0.1, 0.15) is 38.7 Å². The second kappa shape index (κ2) is 15.1. The summed E-state index contributed by atoms with van der Waals surface area (Å²) in [6.45, 7) is 3.40. The minimum absolute atomic E-state index is 0.0349. The Morgan fingerprint density at radius 3 is 2.23 bits per heavy atom. The van der Waals surface area contributed by atoms with Crippen LogP contribution in [-0.4, -0.2) is 81.0 Å². The van der Waals surface area contributed by atoms with Crippen LogP contribution in [0.15, 0.2) is 30.5 Å². The van der Waals surface area contributed by atoms with Crippen molar-refractivity contribution < 1.29 is 34.2 Å². The lowest BCUT2D eigenvalue weighted by Gasteiger charge is -2.27. The van der Waals surface area contributed by atoms with Gasteiger partial charge in [0.15, 0.2) is 0 Å². The van der Waals surface area contributed by atoms with Crippen LogP contribution < -0.4 is 21.7 Å². The summed E-state index contributed by atoms with van der Waals surface area (Å²) in [7, 11) is 0. The normalized spacial score (nSPS) is 14.3. The van der Waals surface area contributed by atoms with Gasteiger partial charge in [0.25, 0.3) is 0 Å². The molecule has 0 spiro atoms. The van der Waals surface area contributed by atoms with E-state index in [1.165, 1.54) is 11.8 Å². The number of hydrogen-bond acceptors (Lipinski definition) is 7. The number of fused-ring (bicyclic) bond motifs is 1. The van der Waals surface area contributed by atoms with E-state index >= 15 is 0 Å². The van der Waals surface area contributed by atoms with E-state index in [2.05, 4.69) is 20.9 Å². The molecule has 0 aliphatic carbocycles. The maximum atomic E-state index is 13.2. The van der Waals surface area contributed by atoms with Crippen LogP contribution in [0.2, 0.25) is 0 Å². The van der Waals surface area contributed by atoms with Crippen molar-refractivity contribution in [2.24, 2.45) is 11.7 Å². The first-order valence-corrected chi connectivity index (χ1v) is 14.0. The molecule has 39 heavy (non-hydrogen) atoms. The third-order valence-corrected chi connectivity index (χ3v) is 6.85. The molecular formula is C26H37N5O7S. The first kappa shape index (κ1) is 31.6. The monoisotopic (exact) mass is 563 g/mol. The summed E-state index contributed by atoms with van der Waals surface area (Å²) in [5, 5.41) is 27.2. The number of H-pyrrole nitrogens is 1. The Morgan fingerprint density at radius 1 is 0.949 bits per heavy atom. The summed E-state index contributed by atoms with van der Waals surface area (Å²) in [6, 6.07) is 2.97. The van der Waals surface area contributed by atoms with Gasteiger partial charge in [0.2, 0.25) is 17.7 Å². The van der Waals surface area contributed by atoms with Gasteiger partial charge in [-0.05, 0) is 42.4 Å². The number of amides is 3. The molecule has 1 heterocycles. The van der Waals surface area contributed by atoms with Gasteiger partial charge in [-0.3, -0.25) is 19.2 Å². The third kappa shape index (κ3) is 9.59. The number of nitrogens with one attached hydrogen (secondary N) is 4. The molecule has 0 saturated carbocycles. The Morgan fingerprint density at radius 2 is 1.62 bits per heavy atom. The number of carboxylic acid groups (broad SMARTS) is 2. The average Bonchev–Trinajstić information content (AvgIpc) is 3.29. The predicted molar refractivity (Wildman–Crippen MR) is 148 cm³/mol. The summed E-state index contributed by atoms with van der Waals surface area (Å²) in [5.41, 5.74) is 7.34. The fourth-order valence-electron chi connectivity index (χ4n) is 3.96. The van der Waals surface area contributed by atoms with Crippen LogP contribution >= 0.6 is 11.8 Å². The van der Waals surface area contributed by atoms with Gasteiger partial charge in [0.1, 0.15) is 18.1 Å². The Kier molecular flexibility index (Phi) is 12.3. The summed E-state index contributed by atoms with van der Waals surface area (Å²) in [5.74, 6) is -4.14. The number of aliphatic carboxylic acids is 2. The van der Waals surface area contributed by atoms with Gasteiger partial charge < -0.3 is 36.9 Å². The first-order chi connectivity index (χ1) is 18.4. The summed E-state index contributed by atoms with van der Waals surface area (Å²) < 4.78 is 0. The number of nitrogens with two attached hydrogens (primary N) is 1. The molecule has 4 atom stereocenters. The molecule has 13 heteroatoms. The minimum atomic E-state index is -1.24. The van der Waals surface area contributed by atoms with Crippen molar-refractivity contribution in [2.45, 2.75) is 63.7 Å². The molecular weight excluding hydrogens is 526 g/mol. The molecule has 3 amide bonds. The molecule has 0 radical (unpaired) electrons. The van der Waals surface area contributed by atoms with Crippen molar-refractivity contribution in [1.29, 1.82) is 0 Å². The number of carbonyl (C=O) groups is 5. The number of hydrogen-bond donors (Lipinski definition) is 7. The number of rotatable bonds is 16. The van der Waals surface area contributed by atoms with Crippen molar-refractivity contribution >= 4 is 52.3 Å². The van der Waals surface area contributed by atoms with E-state index < -0.39 is 53.8 Å². The smallest absolute Gasteiger partial charge is 0.326 e. The van der Waals surface area contributed by atoms with Gasteiger partial charge in [0.05, 0.1) is 6.04 Å². The van der Waals surface area contributed by atoms with E-state index in [0.717, 1.165) is 16.5 Å². The number of thioether (sulfide) groups is 1. The maximum absolute atomic E-state index is 13.2. The molecule has 0 aliphatic heterocycles. The molecule has 0 bridgehead atoms. The van der Waals surface area contributed by atoms with Crippen LogP contribution in [0.25, 0.3) is 10.9 Å². The largest absolute Gasteiger partial charge is 0.481 e. The third-order valence-electron chi connectivity index (χ3n) is 6.21. The summed E-state index contributed by atoms with van der Waals surface area (Å²) in [4.78, 5) is 64.7. The van der Waals surface area contributed by atoms with Gasteiger partial charge in [-0.25, -0.2) is 4.79 Å². The predicted octanol–water partition coefficient (Wildman–Crippen LogP) is 0.851. The van der Waals surface area contributed by atoms with Crippen LogP contribution in [0.3, 0.4) is 0 Å². The molecule has 1 aromatic carbocycles. The number of aromatic amines is 1. The van der Waals surface area contributed by atoms with E-state index in [0.29, 0.717) is 5.75 Å². The fourth-order valence-corrected chi connectivity index (χ4v) is 4.44. The lowest BCUT2D eigenvalue weighted by molar-refractivity contribution is -0.142. The Balaban J connectivity index is 2.13. The van der Waals surface area contributed by atoms with Crippen LogP contribution in [0.5, 0.6) is 0 Å². The highest BCUT2D eigenvalue weighted by Crippen LogP contribution is 2.19. The number of para-hydroxylation sites is 1. The van der Waals surface area contributed by atoms with Crippen molar-refractivity contribution in [3.05, 3.63) is 36.0 Å². The zero-order chi connectivity index (χ0) is 29.1. The molecule has 4 unspecified atom stereocenters. The van der Waals surface area contributed by atoms with Gasteiger partial charge in [-0.2, -0.15) is 11.8 Å². The Labute approximate surface area is 230 Å². The topological polar surface area (TPSA) is 204 Å². The second-order valence-corrected chi connectivity index (χ2v) is 10.6. The zero-order valence-electron chi connectivity index (χ0n) is 22.2. The second-order valence-electron chi connectivity index (χ2n) is 9.57. The van der Waals surface area contributed by atoms with Crippen LogP contribution in [0, 0.1) is 5.92 Å². The molecule has 0 fully saturated rings. The fraction of sp³-hybridized carbons (Fsp3) is 0.500. The lowest BCUT2D eigenvalue weighted by Crippen LogP contribution is -2.58. The van der Waals surface area contributed by atoms with Crippen LogP contribution in [-0.2, 0) is 30.4 Å². The Hall–Kier alpha value is -3.58. The summed E-state index contributed by atoms with van der Waals surface area (Å²) >= 11 is 1.46. The van der Waals surface area contributed by atoms with Gasteiger partial charge >= 0.3 is 11.9 Å². The zero-order valence-corrected chi connectivity index (χ0v) is 23.0.